The van der Waals surface area contributed by atoms with Crippen LogP contribution in [0.5, 0.6) is 0 Å². The molecule has 0 fully saturated rings. The molecule has 3 N–H and O–H groups in total. The van der Waals surface area contributed by atoms with Crippen molar-refractivity contribution in [2.24, 2.45) is 0 Å². The first-order valence-electron chi connectivity index (χ1n) is 7.42. The highest BCUT2D eigenvalue weighted by atomic mass is 32.2. The number of anilines is 2. The maximum Gasteiger partial charge on any atom is 0.234 e. The average molecular weight is 359 g/mol. The number of hydrogen-bond donors (Lipinski definition) is 2. The number of nitrogen functional groups attached to an aromatic ring is 1. The van der Waals surface area contributed by atoms with Gasteiger partial charge < -0.3 is 15.6 Å². The lowest BCUT2D eigenvalue weighted by atomic mass is 10.3. The van der Waals surface area contributed by atoms with Crippen molar-refractivity contribution in [3.63, 3.8) is 0 Å². The molecule has 0 radical (unpaired) electrons. The van der Waals surface area contributed by atoms with E-state index in [1.165, 1.54) is 11.8 Å². The van der Waals surface area contributed by atoms with E-state index in [9.17, 15) is 4.79 Å². The smallest absolute Gasteiger partial charge is 0.234 e. The molecule has 0 spiro atoms. The summed E-state index contributed by atoms with van der Waals surface area (Å²) in [5, 5.41) is 14.1. The van der Waals surface area contributed by atoms with Gasteiger partial charge in [0.1, 0.15) is 0 Å². The number of amides is 1. The largest absolute Gasteiger partial charge is 0.399 e. The fourth-order valence-electron chi connectivity index (χ4n) is 2.16. The van der Waals surface area contributed by atoms with Crippen LogP contribution in [0, 0.1) is 0 Å². The predicted octanol–water partition coefficient (Wildman–Crippen LogP) is 3.34. The second-order valence-electron chi connectivity index (χ2n) is 4.99. The predicted molar refractivity (Wildman–Crippen MR) is 99.2 cm³/mol. The van der Waals surface area contributed by atoms with E-state index in [-0.39, 0.29) is 11.7 Å². The zero-order valence-corrected chi connectivity index (χ0v) is 14.7. The standard InChI is InChI=1S/C16H17N5OS2/c1-2-21-15(13-4-3-9-23-13)19-20-16(21)24-10-14(22)18-12-7-5-11(17)6-8-12/h3-9H,2,10,17H2,1H3,(H,18,22). The molecule has 0 bridgehead atoms. The number of thioether (sulfide) groups is 1. The van der Waals surface area contributed by atoms with Crippen LogP contribution in [0.15, 0.2) is 46.9 Å². The number of benzene rings is 1. The Labute approximate surface area is 148 Å². The zero-order valence-electron chi connectivity index (χ0n) is 13.1. The SMILES string of the molecule is CCn1c(SCC(=O)Nc2ccc(N)cc2)nnc1-c1cccs1. The maximum atomic E-state index is 12.1. The zero-order chi connectivity index (χ0) is 16.9. The molecule has 24 heavy (non-hydrogen) atoms. The maximum absolute atomic E-state index is 12.1. The number of thiophene rings is 1. The third-order valence-electron chi connectivity index (χ3n) is 3.30. The minimum atomic E-state index is -0.0897. The van der Waals surface area contributed by atoms with Crippen molar-refractivity contribution >= 4 is 40.4 Å². The van der Waals surface area contributed by atoms with Gasteiger partial charge in [-0.3, -0.25) is 4.79 Å². The molecule has 0 aliphatic heterocycles. The van der Waals surface area contributed by atoms with Gasteiger partial charge in [0.2, 0.25) is 5.91 Å². The van der Waals surface area contributed by atoms with Crippen molar-refractivity contribution < 1.29 is 4.79 Å². The third kappa shape index (κ3) is 3.77. The van der Waals surface area contributed by atoms with Crippen LogP contribution in [0.2, 0.25) is 0 Å². The van der Waals surface area contributed by atoms with E-state index in [0.29, 0.717) is 5.69 Å². The molecule has 0 aliphatic carbocycles. The molecule has 3 rings (SSSR count). The van der Waals surface area contributed by atoms with Gasteiger partial charge >= 0.3 is 0 Å². The van der Waals surface area contributed by atoms with Crippen LogP contribution in [-0.2, 0) is 11.3 Å². The number of carbonyl (C=O) groups is 1. The Morgan fingerprint density at radius 3 is 2.75 bits per heavy atom. The number of aromatic nitrogens is 3. The van der Waals surface area contributed by atoms with Gasteiger partial charge in [0.25, 0.3) is 0 Å². The van der Waals surface area contributed by atoms with Crippen LogP contribution in [0.1, 0.15) is 6.92 Å². The van der Waals surface area contributed by atoms with Crippen molar-refractivity contribution in [1.82, 2.24) is 14.8 Å². The van der Waals surface area contributed by atoms with E-state index < -0.39 is 0 Å². The van der Waals surface area contributed by atoms with Gasteiger partial charge in [0, 0.05) is 17.9 Å². The van der Waals surface area contributed by atoms with Gasteiger partial charge in [-0.2, -0.15) is 0 Å². The fourth-order valence-corrected chi connectivity index (χ4v) is 3.68. The summed E-state index contributed by atoms with van der Waals surface area (Å²) in [5.41, 5.74) is 7.03. The van der Waals surface area contributed by atoms with Gasteiger partial charge in [0.05, 0.1) is 10.6 Å². The summed E-state index contributed by atoms with van der Waals surface area (Å²) in [6.45, 7) is 2.79. The lowest BCUT2D eigenvalue weighted by Crippen LogP contribution is -2.14. The van der Waals surface area contributed by atoms with E-state index in [0.717, 1.165) is 28.1 Å². The number of nitrogens with two attached hydrogens (primary N) is 1. The Morgan fingerprint density at radius 2 is 2.08 bits per heavy atom. The molecule has 6 nitrogen and oxygen atoms in total. The molecular formula is C16H17N5OS2. The van der Waals surface area contributed by atoms with E-state index in [4.69, 9.17) is 5.73 Å². The van der Waals surface area contributed by atoms with Crippen molar-refractivity contribution in [2.75, 3.05) is 16.8 Å². The lowest BCUT2D eigenvalue weighted by molar-refractivity contribution is -0.113. The molecule has 1 aromatic carbocycles. The summed E-state index contributed by atoms with van der Waals surface area (Å²) in [6, 6.07) is 11.1. The highest BCUT2D eigenvalue weighted by Crippen LogP contribution is 2.27. The summed E-state index contributed by atoms with van der Waals surface area (Å²) in [5.74, 6) is 1.02. The van der Waals surface area contributed by atoms with Gasteiger partial charge in [0.15, 0.2) is 11.0 Å². The van der Waals surface area contributed by atoms with Crippen LogP contribution in [-0.4, -0.2) is 26.4 Å². The minimum Gasteiger partial charge on any atom is -0.399 e. The van der Waals surface area contributed by atoms with Gasteiger partial charge in [-0.05, 0) is 42.6 Å². The molecule has 2 aromatic heterocycles. The van der Waals surface area contributed by atoms with E-state index >= 15 is 0 Å². The first-order valence-corrected chi connectivity index (χ1v) is 9.29. The first-order chi connectivity index (χ1) is 11.7. The summed E-state index contributed by atoms with van der Waals surface area (Å²) in [7, 11) is 0. The molecule has 0 atom stereocenters. The fraction of sp³-hybridized carbons (Fsp3) is 0.188. The summed E-state index contributed by atoms with van der Waals surface area (Å²) < 4.78 is 2.02. The summed E-state index contributed by atoms with van der Waals surface area (Å²) >= 11 is 3.00. The summed E-state index contributed by atoms with van der Waals surface area (Å²) in [6.07, 6.45) is 0. The molecule has 8 heteroatoms. The molecule has 3 aromatic rings. The normalized spacial score (nSPS) is 10.7. The quantitative estimate of drug-likeness (QED) is 0.521. The molecule has 0 saturated carbocycles. The molecule has 124 valence electrons. The Hall–Kier alpha value is -2.32. The molecule has 2 heterocycles. The first kappa shape index (κ1) is 16.5. The Balaban J connectivity index is 1.64. The number of carbonyl (C=O) groups excluding carboxylic acids is 1. The van der Waals surface area contributed by atoms with E-state index in [1.807, 2.05) is 29.0 Å². The number of nitrogens with one attached hydrogen (secondary N) is 1. The Kier molecular flexibility index (Phi) is 5.17. The second kappa shape index (κ2) is 7.50. The van der Waals surface area contributed by atoms with Gasteiger partial charge in [-0.25, -0.2) is 0 Å². The third-order valence-corrected chi connectivity index (χ3v) is 5.13. The van der Waals surface area contributed by atoms with Crippen LogP contribution in [0.4, 0.5) is 11.4 Å². The molecule has 0 saturated heterocycles. The monoisotopic (exact) mass is 359 g/mol. The van der Waals surface area contributed by atoms with Crippen LogP contribution in [0.3, 0.4) is 0 Å². The number of hydrogen-bond acceptors (Lipinski definition) is 6. The molecular weight excluding hydrogens is 342 g/mol. The second-order valence-corrected chi connectivity index (χ2v) is 6.88. The van der Waals surface area contributed by atoms with Crippen molar-refractivity contribution in [1.29, 1.82) is 0 Å². The molecule has 1 amide bonds. The van der Waals surface area contributed by atoms with Crippen LogP contribution >= 0.6 is 23.1 Å². The topological polar surface area (TPSA) is 85.8 Å². The molecule has 0 aliphatic rings. The highest BCUT2D eigenvalue weighted by molar-refractivity contribution is 7.99. The minimum absolute atomic E-state index is 0.0897. The highest BCUT2D eigenvalue weighted by Gasteiger charge is 2.15. The number of nitrogens with zero attached hydrogens (tertiary/aromatic N) is 3. The summed E-state index contributed by atoms with van der Waals surface area (Å²) in [4.78, 5) is 13.2. The van der Waals surface area contributed by atoms with Crippen molar-refractivity contribution in [3.8, 4) is 10.7 Å². The Morgan fingerprint density at radius 1 is 1.29 bits per heavy atom. The van der Waals surface area contributed by atoms with E-state index in [1.54, 1.807) is 35.6 Å². The van der Waals surface area contributed by atoms with Gasteiger partial charge in [-0.1, -0.05) is 17.8 Å². The lowest BCUT2D eigenvalue weighted by Gasteiger charge is -2.07. The van der Waals surface area contributed by atoms with Crippen LogP contribution < -0.4 is 11.1 Å². The Bertz CT molecular complexity index is 812. The molecule has 0 unspecified atom stereocenters. The van der Waals surface area contributed by atoms with Crippen molar-refractivity contribution in [3.05, 3.63) is 41.8 Å². The average Bonchev–Trinajstić information content (AvgIpc) is 3.23. The van der Waals surface area contributed by atoms with Crippen LogP contribution in [0.25, 0.3) is 10.7 Å². The van der Waals surface area contributed by atoms with Gasteiger partial charge in [-0.15, -0.1) is 21.5 Å². The van der Waals surface area contributed by atoms with E-state index in [2.05, 4.69) is 15.5 Å². The van der Waals surface area contributed by atoms with Crippen molar-refractivity contribution in [2.45, 2.75) is 18.6 Å². The number of rotatable bonds is 6.